The molecule has 4 heterocycles. The fraction of sp³-hybridized carbons (Fsp3) is 0.200. The van der Waals surface area contributed by atoms with Gasteiger partial charge in [-0.25, -0.2) is 9.97 Å². The molecule has 0 amide bonds. The average Bonchev–Trinajstić information content (AvgIpc) is 3.54. The highest BCUT2D eigenvalue weighted by Gasteiger charge is 2.18. The van der Waals surface area contributed by atoms with E-state index in [0.29, 0.717) is 24.2 Å². The van der Waals surface area contributed by atoms with E-state index in [1.54, 1.807) is 13.3 Å². The van der Waals surface area contributed by atoms with Gasteiger partial charge in [-0.05, 0) is 6.07 Å². The quantitative estimate of drug-likeness (QED) is 0.283. The molecule has 1 aliphatic rings. The van der Waals surface area contributed by atoms with E-state index in [1.165, 1.54) is 11.3 Å². The second-order valence-electron chi connectivity index (χ2n) is 8.01. The van der Waals surface area contributed by atoms with Crippen molar-refractivity contribution in [3.8, 4) is 16.5 Å². The molecular weight excluding hydrogens is 462 g/mol. The second kappa shape index (κ2) is 9.32. The first-order valence-electron chi connectivity index (χ1n) is 11.3. The predicted molar refractivity (Wildman–Crippen MR) is 139 cm³/mol. The van der Waals surface area contributed by atoms with Gasteiger partial charge in [-0.2, -0.15) is 14.7 Å². The van der Waals surface area contributed by atoms with Crippen molar-refractivity contribution in [1.82, 2.24) is 19.6 Å². The molecule has 1 N–H and O–H groups in total. The summed E-state index contributed by atoms with van der Waals surface area (Å²) in [4.78, 5) is 11.6. The number of hydrogen-bond acceptors (Lipinski definition) is 9. The summed E-state index contributed by atoms with van der Waals surface area (Å²) < 4.78 is 13.8. The van der Waals surface area contributed by atoms with Gasteiger partial charge in [0.1, 0.15) is 5.82 Å². The zero-order chi connectivity index (χ0) is 23.6. The first kappa shape index (κ1) is 21.5. The lowest BCUT2D eigenvalue weighted by molar-refractivity contribution is 0.122. The van der Waals surface area contributed by atoms with Gasteiger partial charge in [-0.1, -0.05) is 53.8 Å². The number of benzene rings is 2. The maximum Gasteiger partial charge on any atom is 0.274 e. The van der Waals surface area contributed by atoms with E-state index in [0.717, 1.165) is 51.6 Å². The molecule has 0 atom stereocenters. The summed E-state index contributed by atoms with van der Waals surface area (Å²) in [6.45, 7) is 2.93. The van der Waals surface area contributed by atoms with Crippen molar-refractivity contribution in [1.29, 1.82) is 0 Å². The van der Waals surface area contributed by atoms with Gasteiger partial charge in [0.25, 0.3) is 5.19 Å². The number of methoxy groups -OCH3 is 1. The Bertz CT molecular complexity index is 1510. The highest BCUT2D eigenvalue weighted by Crippen LogP contribution is 2.29. The summed E-state index contributed by atoms with van der Waals surface area (Å²) in [7, 11) is 1.63. The summed E-state index contributed by atoms with van der Waals surface area (Å²) in [6.07, 6.45) is 1.76. The monoisotopic (exact) mass is 485 g/mol. The first-order valence-corrected chi connectivity index (χ1v) is 12.1. The van der Waals surface area contributed by atoms with Crippen molar-refractivity contribution in [2.24, 2.45) is 5.10 Å². The number of para-hydroxylation sites is 1. The number of morpholine rings is 1. The minimum absolute atomic E-state index is 0.631. The van der Waals surface area contributed by atoms with Crippen molar-refractivity contribution in [3.05, 3.63) is 66.2 Å². The van der Waals surface area contributed by atoms with Crippen molar-refractivity contribution in [3.63, 3.8) is 0 Å². The van der Waals surface area contributed by atoms with Crippen LogP contribution in [0.15, 0.2) is 65.8 Å². The van der Waals surface area contributed by atoms with Crippen LogP contribution < -0.4 is 15.1 Å². The Morgan fingerprint density at radius 3 is 2.74 bits per heavy atom. The van der Waals surface area contributed by atoms with Crippen LogP contribution in [0.5, 0.6) is 5.19 Å². The lowest BCUT2D eigenvalue weighted by atomic mass is 10.2. The molecule has 0 aliphatic carbocycles. The second-order valence-corrected chi connectivity index (χ2v) is 9.01. The largest absolute Gasteiger partial charge is 0.473 e. The molecule has 5 aromatic rings. The average molecular weight is 486 g/mol. The van der Waals surface area contributed by atoms with E-state index >= 15 is 0 Å². The molecule has 1 fully saturated rings. The number of hydrazone groups is 1. The van der Waals surface area contributed by atoms with Gasteiger partial charge in [0, 0.05) is 36.3 Å². The number of rotatable bonds is 6. The third-order valence-electron chi connectivity index (χ3n) is 5.80. The molecule has 1 aliphatic heterocycles. The van der Waals surface area contributed by atoms with Crippen molar-refractivity contribution in [2.75, 3.05) is 43.7 Å². The smallest absolute Gasteiger partial charge is 0.274 e. The van der Waals surface area contributed by atoms with E-state index in [2.05, 4.69) is 20.4 Å². The maximum atomic E-state index is 5.56. The van der Waals surface area contributed by atoms with Gasteiger partial charge < -0.3 is 14.4 Å². The lowest BCUT2D eigenvalue weighted by Gasteiger charge is -2.29. The minimum atomic E-state index is 0.631. The molecule has 2 aromatic carbocycles. The van der Waals surface area contributed by atoms with Crippen LogP contribution in [0.2, 0.25) is 0 Å². The Morgan fingerprint density at radius 1 is 1.06 bits per heavy atom. The van der Waals surface area contributed by atoms with Gasteiger partial charge in [0.15, 0.2) is 11.5 Å². The molecule has 9 nitrogen and oxygen atoms in total. The van der Waals surface area contributed by atoms with Crippen LogP contribution in [0.25, 0.3) is 27.1 Å². The van der Waals surface area contributed by atoms with Gasteiger partial charge >= 0.3 is 0 Å². The molecule has 0 bridgehead atoms. The number of thiazole rings is 1. The van der Waals surface area contributed by atoms with Crippen LogP contribution in [-0.2, 0) is 4.74 Å². The number of anilines is 2. The fourth-order valence-electron chi connectivity index (χ4n) is 4.09. The summed E-state index contributed by atoms with van der Waals surface area (Å²) in [5.41, 5.74) is 7.53. The third-order valence-corrected chi connectivity index (χ3v) is 6.78. The van der Waals surface area contributed by atoms with Crippen molar-refractivity contribution < 1.29 is 9.47 Å². The van der Waals surface area contributed by atoms with Crippen molar-refractivity contribution >= 4 is 45.1 Å². The van der Waals surface area contributed by atoms with Crippen molar-refractivity contribution in [2.45, 2.75) is 0 Å². The van der Waals surface area contributed by atoms with Crippen LogP contribution in [-0.4, -0.2) is 59.2 Å². The van der Waals surface area contributed by atoms with Gasteiger partial charge in [-0.15, -0.1) is 0 Å². The number of fused-ring (bicyclic) bond motifs is 2. The normalized spacial score (nSPS) is 14.3. The molecule has 0 unspecified atom stereocenters. The zero-order valence-corrected chi connectivity index (χ0v) is 19.9. The Balaban J connectivity index is 1.35. The highest BCUT2D eigenvalue weighted by atomic mass is 32.1. The highest BCUT2D eigenvalue weighted by molar-refractivity contribution is 7.20. The number of nitrogens with one attached hydrogen (secondary N) is 1. The summed E-state index contributed by atoms with van der Waals surface area (Å²) >= 11 is 1.51. The Morgan fingerprint density at radius 2 is 1.91 bits per heavy atom. The molecule has 0 saturated carbocycles. The van der Waals surface area contributed by atoms with E-state index < -0.39 is 0 Å². The van der Waals surface area contributed by atoms with Gasteiger partial charge in [-0.3, -0.25) is 5.43 Å². The number of aromatic nitrogens is 4. The van der Waals surface area contributed by atoms with E-state index in [9.17, 15) is 0 Å². The molecule has 176 valence electrons. The number of hydrogen-bond donors (Lipinski definition) is 1. The topological polar surface area (TPSA) is 89.2 Å². The first-order chi connectivity index (χ1) is 17.3. The Hall–Kier alpha value is -4.02. The lowest BCUT2D eigenvalue weighted by Crippen LogP contribution is -2.37. The number of nitrogens with zero attached hydrogens (tertiary/aromatic N) is 6. The van der Waals surface area contributed by atoms with Crippen LogP contribution in [0, 0.1) is 0 Å². The molecule has 0 spiro atoms. The van der Waals surface area contributed by atoms with Crippen LogP contribution in [0.4, 0.5) is 11.6 Å². The third kappa shape index (κ3) is 4.29. The molecule has 3 aromatic heterocycles. The fourth-order valence-corrected chi connectivity index (χ4v) is 4.91. The molecule has 10 heteroatoms. The van der Waals surface area contributed by atoms with Crippen LogP contribution >= 0.6 is 11.3 Å². The summed E-state index contributed by atoms with van der Waals surface area (Å²) in [5, 5.41) is 9.96. The predicted octanol–water partition coefficient (Wildman–Crippen LogP) is 4.30. The SMILES string of the molecule is COc1nc2c(/C=N/Nc3cc(N4CCOCC4)n4nc(-c5ccccc5)cc4n3)cccc2s1. The minimum Gasteiger partial charge on any atom is -0.473 e. The Kier molecular flexibility index (Phi) is 5.73. The van der Waals surface area contributed by atoms with Gasteiger partial charge in [0.05, 0.1) is 42.4 Å². The standard InChI is InChI=1S/C25H23N7O2S/c1-33-25-28-24-18(8-5-9-20(24)35-25)16-26-29-21-15-23(31-10-12-34-13-11-31)32-22(27-21)14-19(30-32)17-6-3-2-4-7-17/h2-9,14-16H,10-13H2,1H3,(H,27,29)/b26-16+. The van der Waals surface area contributed by atoms with E-state index in [4.69, 9.17) is 19.6 Å². The van der Waals surface area contributed by atoms with Crippen LogP contribution in [0.3, 0.4) is 0 Å². The van der Waals surface area contributed by atoms with Gasteiger partial charge in [0.2, 0.25) is 0 Å². The maximum absolute atomic E-state index is 5.56. The molecule has 0 radical (unpaired) electrons. The van der Waals surface area contributed by atoms with E-state index in [1.807, 2.05) is 65.2 Å². The Labute approximate surface area is 205 Å². The molecular formula is C25H23N7O2S. The number of ether oxygens (including phenoxy) is 2. The molecule has 35 heavy (non-hydrogen) atoms. The summed E-state index contributed by atoms with van der Waals surface area (Å²) in [5.74, 6) is 1.59. The zero-order valence-electron chi connectivity index (χ0n) is 19.1. The molecule has 6 rings (SSSR count). The van der Waals surface area contributed by atoms with E-state index in [-0.39, 0.29) is 0 Å². The van der Waals surface area contributed by atoms with Crippen LogP contribution in [0.1, 0.15) is 5.56 Å². The molecule has 1 saturated heterocycles. The summed E-state index contributed by atoms with van der Waals surface area (Å²) in [6, 6.07) is 20.1.